The normalized spacial score (nSPS) is 11.6. The van der Waals surface area contributed by atoms with Crippen LogP contribution in [0.2, 0.25) is 0 Å². The lowest BCUT2D eigenvalue weighted by molar-refractivity contribution is 0.0803. The van der Waals surface area contributed by atoms with Crippen molar-refractivity contribution in [1.29, 1.82) is 0 Å². The van der Waals surface area contributed by atoms with Gasteiger partial charge in [-0.1, -0.05) is 38.1 Å². The van der Waals surface area contributed by atoms with Crippen molar-refractivity contribution in [3.63, 3.8) is 0 Å². The van der Waals surface area contributed by atoms with Crippen molar-refractivity contribution in [2.75, 3.05) is 0 Å². The predicted molar refractivity (Wildman–Crippen MR) is 106 cm³/mol. The monoisotopic (exact) mass is 340 g/mol. The summed E-state index contributed by atoms with van der Waals surface area (Å²) in [5, 5.41) is 0. The summed E-state index contributed by atoms with van der Waals surface area (Å²) >= 11 is 0. The van der Waals surface area contributed by atoms with Crippen LogP contribution in [0.4, 0.5) is 0 Å². The van der Waals surface area contributed by atoms with Crippen LogP contribution in [0.25, 0.3) is 0 Å². The van der Waals surface area contributed by atoms with Gasteiger partial charge >= 0.3 is 0 Å². The number of rotatable bonds is 9. The first-order valence-corrected chi connectivity index (χ1v) is 9.47. The Hall–Kier alpha value is -1.96. The van der Waals surface area contributed by atoms with E-state index in [1.54, 1.807) is 0 Å². The van der Waals surface area contributed by atoms with Gasteiger partial charge in [0.25, 0.3) is 0 Å². The Kier molecular flexibility index (Phi) is 6.92. The lowest BCUT2D eigenvalue weighted by Gasteiger charge is -2.28. The van der Waals surface area contributed by atoms with Gasteiger partial charge in [0.2, 0.25) is 0 Å². The highest BCUT2D eigenvalue weighted by atomic mass is 16.5. The maximum atomic E-state index is 6.15. The molecule has 0 N–H and O–H groups in total. The minimum Gasteiger partial charge on any atom is -0.491 e. The van der Waals surface area contributed by atoms with Gasteiger partial charge in [-0.25, -0.2) is 0 Å². The van der Waals surface area contributed by atoms with Gasteiger partial charge in [0.05, 0.1) is 6.10 Å². The number of aryl methyl sites for hydroxylation is 2. The Balaban J connectivity index is 1.89. The van der Waals surface area contributed by atoms with Crippen LogP contribution in [0, 0.1) is 0 Å². The standard InChI is InChI=1S/C23H32O2/c1-6-23(5,7-2)25-22-16-12-20(13-17-22)9-8-19-10-14-21(15-11-19)24-18(3)4/h10-18H,6-9H2,1-5H3. The lowest BCUT2D eigenvalue weighted by atomic mass is 10.00. The van der Waals surface area contributed by atoms with E-state index in [9.17, 15) is 0 Å². The largest absolute Gasteiger partial charge is 0.491 e. The first-order chi connectivity index (χ1) is 11.9. The van der Waals surface area contributed by atoms with Crippen molar-refractivity contribution < 1.29 is 9.47 Å². The molecule has 0 amide bonds. The first kappa shape index (κ1) is 19.4. The van der Waals surface area contributed by atoms with Gasteiger partial charge in [0.15, 0.2) is 0 Å². The maximum Gasteiger partial charge on any atom is 0.120 e. The molecule has 0 saturated heterocycles. The molecule has 136 valence electrons. The van der Waals surface area contributed by atoms with Crippen molar-refractivity contribution in [3.8, 4) is 11.5 Å². The molecule has 2 aromatic carbocycles. The van der Waals surface area contributed by atoms with E-state index in [1.165, 1.54) is 11.1 Å². The minimum absolute atomic E-state index is 0.0681. The van der Waals surface area contributed by atoms with E-state index in [2.05, 4.69) is 69.3 Å². The van der Waals surface area contributed by atoms with Crippen molar-refractivity contribution in [2.45, 2.75) is 72.0 Å². The van der Waals surface area contributed by atoms with Gasteiger partial charge < -0.3 is 9.47 Å². The van der Waals surface area contributed by atoms with Crippen LogP contribution in [0.1, 0.15) is 58.6 Å². The average Bonchev–Trinajstić information content (AvgIpc) is 2.62. The average molecular weight is 341 g/mol. The summed E-state index contributed by atoms with van der Waals surface area (Å²) in [4.78, 5) is 0. The highest BCUT2D eigenvalue weighted by Crippen LogP contribution is 2.24. The number of benzene rings is 2. The van der Waals surface area contributed by atoms with Gasteiger partial charge in [-0.15, -0.1) is 0 Å². The fraction of sp³-hybridized carbons (Fsp3) is 0.478. The topological polar surface area (TPSA) is 18.5 Å². The van der Waals surface area contributed by atoms with Gasteiger partial charge in [0.1, 0.15) is 17.1 Å². The number of hydrogen-bond acceptors (Lipinski definition) is 2. The molecule has 0 saturated carbocycles. The third-order valence-electron chi connectivity index (χ3n) is 4.78. The Labute approximate surface area is 153 Å². The second-order valence-corrected chi connectivity index (χ2v) is 7.21. The zero-order chi connectivity index (χ0) is 18.3. The molecule has 0 spiro atoms. The van der Waals surface area contributed by atoms with Crippen LogP contribution in [-0.4, -0.2) is 11.7 Å². The van der Waals surface area contributed by atoms with E-state index >= 15 is 0 Å². The summed E-state index contributed by atoms with van der Waals surface area (Å²) in [5.41, 5.74) is 2.60. The summed E-state index contributed by atoms with van der Waals surface area (Å²) in [6.45, 7) is 10.6. The molecule has 2 rings (SSSR count). The Morgan fingerprint density at radius 3 is 1.60 bits per heavy atom. The molecule has 0 atom stereocenters. The Morgan fingerprint density at radius 1 is 0.760 bits per heavy atom. The molecular formula is C23H32O2. The second-order valence-electron chi connectivity index (χ2n) is 7.21. The molecule has 0 unspecified atom stereocenters. The molecule has 0 aliphatic heterocycles. The fourth-order valence-electron chi connectivity index (χ4n) is 2.70. The van der Waals surface area contributed by atoms with Crippen molar-refractivity contribution >= 4 is 0 Å². The van der Waals surface area contributed by atoms with Crippen LogP contribution in [0.15, 0.2) is 48.5 Å². The summed E-state index contributed by atoms with van der Waals surface area (Å²) < 4.78 is 11.8. The third-order valence-corrected chi connectivity index (χ3v) is 4.78. The van der Waals surface area contributed by atoms with E-state index in [4.69, 9.17) is 9.47 Å². The van der Waals surface area contributed by atoms with Crippen LogP contribution < -0.4 is 9.47 Å². The predicted octanol–water partition coefficient (Wildman–Crippen LogP) is 6.22. The zero-order valence-corrected chi connectivity index (χ0v) is 16.3. The maximum absolute atomic E-state index is 6.15. The van der Waals surface area contributed by atoms with Crippen molar-refractivity contribution in [1.82, 2.24) is 0 Å². The molecule has 0 aromatic heterocycles. The van der Waals surface area contributed by atoms with Crippen molar-refractivity contribution in [3.05, 3.63) is 59.7 Å². The van der Waals surface area contributed by atoms with Gasteiger partial charge in [-0.2, -0.15) is 0 Å². The van der Waals surface area contributed by atoms with Crippen molar-refractivity contribution in [2.24, 2.45) is 0 Å². The molecule has 0 aliphatic rings. The smallest absolute Gasteiger partial charge is 0.120 e. The molecule has 0 fully saturated rings. The van der Waals surface area contributed by atoms with Gasteiger partial charge in [-0.05, 0) is 81.8 Å². The molecule has 2 heteroatoms. The van der Waals surface area contributed by atoms with Crippen LogP contribution >= 0.6 is 0 Å². The van der Waals surface area contributed by atoms with Gasteiger partial charge in [-0.3, -0.25) is 0 Å². The Bertz CT molecular complexity index is 622. The van der Waals surface area contributed by atoms with E-state index in [0.717, 1.165) is 37.2 Å². The lowest BCUT2D eigenvalue weighted by Crippen LogP contribution is -2.30. The highest BCUT2D eigenvalue weighted by Gasteiger charge is 2.21. The summed E-state index contributed by atoms with van der Waals surface area (Å²) in [6, 6.07) is 17.0. The van der Waals surface area contributed by atoms with E-state index in [1.807, 2.05) is 13.8 Å². The minimum atomic E-state index is -0.0681. The molecule has 2 aromatic rings. The number of hydrogen-bond donors (Lipinski definition) is 0. The molecule has 0 radical (unpaired) electrons. The SMILES string of the molecule is CCC(C)(CC)Oc1ccc(CCc2ccc(OC(C)C)cc2)cc1. The Morgan fingerprint density at radius 2 is 1.20 bits per heavy atom. The molecule has 25 heavy (non-hydrogen) atoms. The highest BCUT2D eigenvalue weighted by molar-refractivity contribution is 5.30. The van der Waals surface area contributed by atoms with Crippen LogP contribution in [0.3, 0.4) is 0 Å². The van der Waals surface area contributed by atoms with E-state index < -0.39 is 0 Å². The van der Waals surface area contributed by atoms with Crippen LogP contribution in [-0.2, 0) is 12.8 Å². The molecule has 0 bridgehead atoms. The molecule has 2 nitrogen and oxygen atoms in total. The van der Waals surface area contributed by atoms with Gasteiger partial charge in [0, 0.05) is 0 Å². The zero-order valence-electron chi connectivity index (χ0n) is 16.3. The molecule has 0 aliphatic carbocycles. The molecule has 0 heterocycles. The van der Waals surface area contributed by atoms with E-state index in [-0.39, 0.29) is 11.7 Å². The molecular weight excluding hydrogens is 308 g/mol. The number of ether oxygens (including phenoxy) is 2. The first-order valence-electron chi connectivity index (χ1n) is 9.47. The second kappa shape index (κ2) is 8.94. The third kappa shape index (κ3) is 6.12. The quantitative estimate of drug-likeness (QED) is 0.540. The van der Waals surface area contributed by atoms with Crippen LogP contribution in [0.5, 0.6) is 11.5 Å². The fourth-order valence-corrected chi connectivity index (χ4v) is 2.70. The summed E-state index contributed by atoms with van der Waals surface area (Å²) in [7, 11) is 0. The van der Waals surface area contributed by atoms with E-state index in [0.29, 0.717) is 0 Å². The summed E-state index contributed by atoms with van der Waals surface area (Å²) in [5.74, 6) is 1.90. The summed E-state index contributed by atoms with van der Waals surface area (Å²) in [6.07, 6.45) is 4.31.